The van der Waals surface area contributed by atoms with Crippen LogP contribution in [0.3, 0.4) is 0 Å². The van der Waals surface area contributed by atoms with Crippen LogP contribution in [0.15, 0.2) is 12.1 Å². The molecule has 0 spiro atoms. The molecule has 3 nitrogen and oxygen atoms in total. The molecule has 0 N–H and O–H groups in total. The topological polar surface area (TPSA) is 43.4 Å². The number of aryl methyl sites for hydroxylation is 1. The molecule has 0 atom stereocenters. The number of methoxy groups -OCH3 is 1. The van der Waals surface area contributed by atoms with E-state index in [-0.39, 0.29) is 17.7 Å². The molecule has 0 amide bonds. The van der Waals surface area contributed by atoms with Gasteiger partial charge in [-0.1, -0.05) is 0 Å². The SMILES string of the molecule is COc1c(F)cc(CCS(=O)(=O)Cl)cc1F. The van der Waals surface area contributed by atoms with Gasteiger partial charge in [-0.25, -0.2) is 17.2 Å². The highest BCUT2D eigenvalue weighted by molar-refractivity contribution is 8.13. The summed E-state index contributed by atoms with van der Waals surface area (Å²) in [5.74, 6) is -2.61. The van der Waals surface area contributed by atoms with E-state index in [4.69, 9.17) is 10.7 Å². The lowest BCUT2D eigenvalue weighted by atomic mass is 10.1. The third-order valence-corrected chi connectivity index (χ3v) is 3.05. The lowest BCUT2D eigenvalue weighted by molar-refractivity contribution is 0.359. The molecule has 90 valence electrons. The summed E-state index contributed by atoms with van der Waals surface area (Å²) in [6.45, 7) is 0. The van der Waals surface area contributed by atoms with Crippen LogP contribution in [0.25, 0.3) is 0 Å². The number of rotatable bonds is 4. The van der Waals surface area contributed by atoms with E-state index in [1.807, 2.05) is 0 Å². The van der Waals surface area contributed by atoms with Gasteiger partial charge >= 0.3 is 0 Å². The van der Waals surface area contributed by atoms with Gasteiger partial charge in [0, 0.05) is 10.7 Å². The maximum Gasteiger partial charge on any atom is 0.232 e. The van der Waals surface area contributed by atoms with Crippen molar-refractivity contribution in [3.8, 4) is 5.75 Å². The molecule has 0 heterocycles. The smallest absolute Gasteiger partial charge is 0.232 e. The van der Waals surface area contributed by atoms with Crippen molar-refractivity contribution >= 4 is 19.7 Å². The Morgan fingerprint density at radius 3 is 2.19 bits per heavy atom. The predicted octanol–water partition coefficient (Wildman–Crippen LogP) is 2.08. The number of ether oxygens (including phenoxy) is 1. The highest BCUT2D eigenvalue weighted by atomic mass is 35.7. The maximum absolute atomic E-state index is 13.2. The molecule has 1 rings (SSSR count). The van der Waals surface area contributed by atoms with Gasteiger partial charge in [0.2, 0.25) is 9.05 Å². The van der Waals surface area contributed by atoms with E-state index in [9.17, 15) is 17.2 Å². The Bertz CT molecular complexity index is 465. The van der Waals surface area contributed by atoms with Gasteiger partial charge in [-0.2, -0.15) is 0 Å². The number of hydrogen-bond donors (Lipinski definition) is 0. The summed E-state index contributed by atoms with van der Waals surface area (Å²) in [4.78, 5) is 0. The van der Waals surface area contributed by atoms with Gasteiger partial charge in [0.05, 0.1) is 12.9 Å². The van der Waals surface area contributed by atoms with Crippen LogP contribution in [0, 0.1) is 11.6 Å². The van der Waals surface area contributed by atoms with Crippen molar-refractivity contribution in [2.75, 3.05) is 12.9 Å². The normalized spacial score (nSPS) is 11.5. The monoisotopic (exact) mass is 270 g/mol. The van der Waals surface area contributed by atoms with Gasteiger partial charge in [0.25, 0.3) is 0 Å². The van der Waals surface area contributed by atoms with Crippen molar-refractivity contribution in [3.63, 3.8) is 0 Å². The van der Waals surface area contributed by atoms with E-state index in [2.05, 4.69) is 4.74 Å². The van der Waals surface area contributed by atoms with Crippen LogP contribution in [0.1, 0.15) is 5.56 Å². The zero-order chi connectivity index (χ0) is 12.3. The average Bonchev–Trinajstić information content (AvgIpc) is 2.13. The largest absolute Gasteiger partial charge is 0.491 e. The highest BCUT2D eigenvalue weighted by Crippen LogP contribution is 2.23. The Kier molecular flexibility index (Phi) is 4.09. The summed E-state index contributed by atoms with van der Waals surface area (Å²) < 4.78 is 52.2. The Morgan fingerprint density at radius 1 is 1.31 bits per heavy atom. The van der Waals surface area contributed by atoms with Crippen molar-refractivity contribution < 1.29 is 21.9 Å². The summed E-state index contributed by atoms with van der Waals surface area (Å²) in [5.41, 5.74) is 0.208. The lowest BCUT2D eigenvalue weighted by Crippen LogP contribution is -2.03. The summed E-state index contributed by atoms with van der Waals surface area (Å²) in [6.07, 6.45) is -0.0519. The van der Waals surface area contributed by atoms with Crippen LogP contribution in [0.5, 0.6) is 5.75 Å². The molecule has 0 aliphatic heterocycles. The third-order valence-electron chi connectivity index (χ3n) is 1.90. The quantitative estimate of drug-likeness (QED) is 0.787. The molecular formula is C9H9ClF2O3S. The van der Waals surface area contributed by atoms with Crippen molar-refractivity contribution in [1.29, 1.82) is 0 Å². The van der Waals surface area contributed by atoms with Gasteiger partial charge in [0.1, 0.15) is 0 Å². The van der Waals surface area contributed by atoms with Crippen LogP contribution >= 0.6 is 10.7 Å². The minimum absolute atomic E-state index is 0.0519. The minimum Gasteiger partial charge on any atom is -0.491 e. The highest BCUT2D eigenvalue weighted by Gasteiger charge is 2.13. The maximum atomic E-state index is 13.2. The zero-order valence-corrected chi connectivity index (χ0v) is 9.91. The average molecular weight is 271 g/mol. The van der Waals surface area contributed by atoms with Gasteiger partial charge in [-0.15, -0.1) is 0 Å². The Labute approximate surface area is 96.4 Å². The van der Waals surface area contributed by atoms with Crippen molar-refractivity contribution in [2.45, 2.75) is 6.42 Å². The molecule has 1 aromatic rings. The van der Waals surface area contributed by atoms with E-state index in [0.29, 0.717) is 0 Å². The van der Waals surface area contributed by atoms with Crippen molar-refractivity contribution in [1.82, 2.24) is 0 Å². The summed E-state index contributed by atoms with van der Waals surface area (Å²) in [7, 11) is 2.46. The molecule has 0 bridgehead atoms. The van der Waals surface area contributed by atoms with Crippen LogP contribution < -0.4 is 4.74 Å². The van der Waals surface area contributed by atoms with Crippen molar-refractivity contribution in [3.05, 3.63) is 29.3 Å². The fourth-order valence-electron chi connectivity index (χ4n) is 1.19. The summed E-state index contributed by atoms with van der Waals surface area (Å²) >= 11 is 0. The minimum atomic E-state index is -3.67. The molecule has 16 heavy (non-hydrogen) atoms. The van der Waals surface area contributed by atoms with Gasteiger partial charge < -0.3 is 4.74 Å². The van der Waals surface area contributed by atoms with Crippen LogP contribution in [-0.4, -0.2) is 21.3 Å². The number of hydrogen-bond acceptors (Lipinski definition) is 3. The lowest BCUT2D eigenvalue weighted by Gasteiger charge is -2.06. The zero-order valence-electron chi connectivity index (χ0n) is 8.34. The Morgan fingerprint density at radius 2 is 1.81 bits per heavy atom. The molecule has 0 saturated heterocycles. The molecule has 1 aromatic carbocycles. The van der Waals surface area contributed by atoms with E-state index >= 15 is 0 Å². The number of benzene rings is 1. The number of halogens is 3. The third kappa shape index (κ3) is 3.61. The van der Waals surface area contributed by atoms with Gasteiger partial charge in [-0.05, 0) is 24.1 Å². The van der Waals surface area contributed by atoms with Crippen LogP contribution in [0.2, 0.25) is 0 Å². The molecule has 0 aliphatic rings. The fourth-order valence-corrected chi connectivity index (χ4v) is 1.90. The van der Waals surface area contributed by atoms with Crippen LogP contribution in [-0.2, 0) is 15.5 Å². The fraction of sp³-hybridized carbons (Fsp3) is 0.333. The van der Waals surface area contributed by atoms with E-state index < -0.39 is 26.4 Å². The van der Waals surface area contributed by atoms with Gasteiger partial charge in [0.15, 0.2) is 17.4 Å². The summed E-state index contributed by atoms with van der Waals surface area (Å²) in [5, 5.41) is 0. The molecule has 0 unspecified atom stereocenters. The van der Waals surface area contributed by atoms with E-state index in [0.717, 1.165) is 19.2 Å². The Balaban J connectivity index is 2.92. The van der Waals surface area contributed by atoms with E-state index in [1.165, 1.54) is 0 Å². The Hall–Kier alpha value is -0.880. The first-order valence-corrected chi connectivity index (χ1v) is 6.75. The van der Waals surface area contributed by atoms with Crippen molar-refractivity contribution in [2.24, 2.45) is 0 Å². The second kappa shape index (κ2) is 4.97. The molecule has 0 saturated carbocycles. The first kappa shape index (κ1) is 13.2. The molecule has 0 aliphatic carbocycles. The molecular weight excluding hydrogens is 262 g/mol. The molecule has 7 heteroatoms. The molecule has 0 radical (unpaired) electrons. The standard InChI is InChI=1S/C9H9ClF2O3S/c1-15-9-7(11)4-6(5-8(9)12)2-3-16(10,13)14/h4-5H,2-3H2,1H3. The van der Waals surface area contributed by atoms with E-state index in [1.54, 1.807) is 0 Å². The van der Waals surface area contributed by atoms with Gasteiger partial charge in [-0.3, -0.25) is 0 Å². The summed E-state index contributed by atoms with van der Waals surface area (Å²) in [6, 6.07) is 2.04. The molecule has 0 aromatic heterocycles. The molecule has 0 fully saturated rings. The first-order valence-electron chi connectivity index (χ1n) is 4.27. The second-order valence-corrected chi connectivity index (χ2v) is 5.98. The second-order valence-electron chi connectivity index (χ2n) is 3.09. The first-order chi connectivity index (χ1) is 7.33. The predicted molar refractivity (Wildman–Crippen MR) is 56.3 cm³/mol. The van der Waals surface area contributed by atoms with Crippen LogP contribution in [0.4, 0.5) is 8.78 Å².